The molecule has 0 saturated heterocycles. The van der Waals surface area contributed by atoms with Crippen LogP contribution in [0.15, 0.2) is 18.2 Å². The molecule has 1 aliphatic rings. The molecule has 20 heavy (non-hydrogen) atoms. The molecule has 5 heteroatoms. The van der Waals surface area contributed by atoms with Crippen molar-refractivity contribution in [2.75, 3.05) is 0 Å². The van der Waals surface area contributed by atoms with Gasteiger partial charge in [-0.25, -0.2) is 0 Å². The zero-order valence-corrected chi connectivity index (χ0v) is 12.7. The van der Waals surface area contributed by atoms with Gasteiger partial charge in [0.2, 0.25) is 0 Å². The Labute approximate surface area is 124 Å². The van der Waals surface area contributed by atoms with Crippen molar-refractivity contribution < 1.29 is 4.92 Å². The summed E-state index contributed by atoms with van der Waals surface area (Å²) in [4.78, 5) is 10.7. The lowest BCUT2D eigenvalue weighted by molar-refractivity contribution is -0.385. The van der Waals surface area contributed by atoms with Gasteiger partial charge in [0.25, 0.3) is 5.69 Å². The number of nitro groups is 1. The Balaban J connectivity index is 2.00. The van der Waals surface area contributed by atoms with E-state index in [1.54, 1.807) is 12.1 Å². The van der Waals surface area contributed by atoms with Crippen LogP contribution in [0.4, 0.5) is 5.69 Å². The van der Waals surface area contributed by atoms with Gasteiger partial charge in [0, 0.05) is 29.2 Å². The molecule has 0 aromatic heterocycles. The van der Waals surface area contributed by atoms with E-state index in [2.05, 4.69) is 19.2 Å². The van der Waals surface area contributed by atoms with Crippen LogP contribution < -0.4 is 5.32 Å². The maximum Gasteiger partial charge on any atom is 0.273 e. The highest BCUT2D eigenvalue weighted by atomic mass is 35.5. The summed E-state index contributed by atoms with van der Waals surface area (Å²) in [6.07, 6.45) is 3.49. The number of benzene rings is 1. The molecule has 0 bridgehead atoms. The Morgan fingerprint density at radius 2 is 2.10 bits per heavy atom. The van der Waals surface area contributed by atoms with Crippen molar-refractivity contribution in [3.63, 3.8) is 0 Å². The lowest BCUT2D eigenvalue weighted by Gasteiger charge is -2.32. The summed E-state index contributed by atoms with van der Waals surface area (Å²) in [7, 11) is 0. The second-order valence-corrected chi connectivity index (χ2v) is 6.31. The van der Waals surface area contributed by atoms with E-state index in [4.69, 9.17) is 11.6 Å². The summed E-state index contributed by atoms with van der Waals surface area (Å²) >= 11 is 5.93. The summed E-state index contributed by atoms with van der Waals surface area (Å²) in [5.74, 6) is 1.48. The fourth-order valence-electron chi connectivity index (χ4n) is 2.86. The van der Waals surface area contributed by atoms with Gasteiger partial charge >= 0.3 is 0 Å². The first-order valence-corrected chi connectivity index (χ1v) is 7.51. The third kappa shape index (κ3) is 3.70. The molecule has 1 aliphatic carbocycles. The van der Waals surface area contributed by atoms with Crippen molar-refractivity contribution in [2.24, 2.45) is 11.8 Å². The molecule has 1 N–H and O–H groups in total. The predicted octanol–water partition coefficient (Wildman–Crippen LogP) is 4.16. The smallest absolute Gasteiger partial charge is 0.273 e. The van der Waals surface area contributed by atoms with E-state index in [9.17, 15) is 10.1 Å². The van der Waals surface area contributed by atoms with E-state index in [-0.39, 0.29) is 10.6 Å². The molecule has 4 nitrogen and oxygen atoms in total. The summed E-state index contributed by atoms with van der Waals surface area (Å²) in [6.45, 7) is 5.08. The van der Waals surface area contributed by atoms with E-state index >= 15 is 0 Å². The van der Waals surface area contributed by atoms with Crippen molar-refractivity contribution in [1.29, 1.82) is 0 Å². The molecule has 0 amide bonds. The molecule has 1 saturated carbocycles. The van der Waals surface area contributed by atoms with Gasteiger partial charge in [0.05, 0.1) is 4.92 Å². The Morgan fingerprint density at radius 3 is 2.75 bits per heavy atom. The largest absolute Gasteiger partial charge is 0.310 e. The maximum absolute atomic E-state index is 11.0. The van der Waals surface area contributed by atoms with Gasteiger partial charge in [-0.1, -0.05) is 25.4 Å². The molecule has 0 radical (unpaired) electrons. The van der Waals surface area contributed by atoms with Crippen molar-refractivity contribution >= 4 is 17.3 Å². The molecule has 3 unspecified atom stereocenters. The normalized spacial score (nSPS) is 26.4. The minimum Gasteiger partial charge on any atom is -0.310 e. The lowest BCUT2D eigenvalue weighted by atomic mass is 9.79. The third-order valence-corrected chi connectivity index (χ3v) is 4.65. The number of hydrogen-bond donors (Lipinski definition) is 1. The molecule has 0 heterocycles. The molecular weight excluding hydrogens is 276 g/mol. The van der Waals surface area contributed by atoms with E-state index < -0.39 is 0 Å². The molecule has 110 valence electrons. The third-order valence-electron chi connectivity index (χ3n) is 4.42. The summed E-state index contributed by atoms with van der Waals surface area (Å²) < 4.78 is 0. The number of halogens is 1. The number of rotatable bonds is 4. The molecular formula is C15H21ClN2O2. The summed E-state index contributed by atoms with van der Waals surface area (Å²) in [5, 5.41) is 15.0. The van der Waals surface area contributed by atoms with Crippen molar-refractivity contribution in [1.82, 2.24) is 5.32 Å². The van der Waals surface area contributed by atoms with Crippen LogP contribution in [0.25, 0.3) is 0 Å². The standard InChI is InChI=1S/C15H21ClN2O2/c1-10-3-5-14(7-11(10)2)17-9-12-8-13(16)4-6-15(12)18(19)20/h4,6,8,10-11,14,17H,3,5,7,9H2,1-2H3. The number of nitro benzene ring substituents is 1. The fourth-order valence-corrected chi connectivity index (χ4v) is 3.06. The van der Waals surface area contributed by atoms with Crippen LogP contribution in [0.2, 0.25) is 5.02 Å². The number of nitrogens with zero attached hydrogens (tertiary/aromatic N) is 1. The topological polar surface area (TPSA) is 55.2 Å². The minimum atomic E-state index is -0.348. The lowest BCUT2D eigenvalue weighted by Crippen LogP contribution is -2.35. The monoisotopic (exact) mass is 296 g/mol. The highest BCUT2D eigenvalue weighted by Gasteiger charge is 2.24. The van der Waals surface area contributed by atoms with Gasteiger partial charge in [-0.05, 0) is 43.2 Å². The van der Waals surface area contributed by atoms with Gasteiger partial charge in [-0.3, -0.25) is 10.1 Å². The Bertz CT molecular complexity index is 493. The zero-order valence-electron chi connectivity index (χ0n) is 11.9. The van der Waals surface area contributed by atoms with Crippen molar-refractivity contribution in [3.05, 3.63) is 38.9 Å². The van der Waals surface area contributed by atoms with E-state index in [0.29, 0.717) is 29.1 Å². The van der Waals surface area contributed by atoms with E-state index in [1.807, 2.05) is 0 Å². The highest BCUT2D eigenvalue weighted by molar-refractivity contribution is 6.30. The second kappa shape index (κ2) is 6.55. The first-order chi connectivity index (χ1) is 9.47. The van der Waals surface area contributed by atoms with Crippen molar-refractivity contribution in [2.45, 2.75) is 45.7 Å². The first kappa shape index (κ1) is 15.3. The molecule has 3 atom stereocenters. The van der Waals surface area contributed by atoms with Crippen LogP contribution >= 0.6 is 11.6 Å². The number of nitrogens with one attached hydrogen (secondary N) is 1. The highest BCUT2D eigenvalue weighted by Crippen LogP contribution is 2.30. The Kier molecular flexibility index (Phi) is 5.00. The summed E-state index contributed by atoms with van der Waals surface area (Å²) in [6, 6.07) is 5.17. The molecule has 1 aromatic rings. The maximum atomic E-state index is 11.0. The average Bonchev–Trinajstić information content (AvgIpc) is 2.40. The van der Waals surface area contributed by atoms with Crippen LogP contribution in [0.3, 0.4) is 0 Å². The Morgan fingerprint density at radius 1 is 1.35 bits per heavy atom. The van der Waals surface area contributed by atoms with Crippen LogP contribution in [0.5, 0.6) is 0 Å². The quantitative estimate of drug-likeness (QED) is 0.670. The van der Waals surface area contributed by atoms with Gasteiger partial charge in [-0.15, -0.1) is 0 Å². The Hall–Kier alpha value is -1.13. The van der Waals surface area contributed by atoms with Crippen LogP contribution in [0.1, 0.15) is 38.7 Å². The molecule has 0 spiro atoms. The van der Waals surface area contributed by atoms with E-state index in [0.717, 1.165) is 18.8 Å². The average molecular weight is 297 g/mol. The van der Waals surface area contributed by atoms with Crippen LogP contribution in [-0.2, 0) is 6.54 Å². The van der Waals surface area contributed by atoms with Crippen molar-refractivity contribution in [3.8, 4) is 0 Å². The SMILES string of the molecule is CC1CCC(NCc2cc(Cl)ccc2[N+](=O)[O-])CC1C. The minimum absolute atomic E-state index is 0.138. The van der Waals surface area contributed by atoms with Crippen LogP contribution in [-0.4, -0.2) is 11.0 Å². The van der Waals surface area contributed by atoms with Gasteiger partial charge in [0.1, 0.15) is 0 Å². The first-order valence-electron chi connectivity index (χ1n) is 7.13. The molecule has 2 rings (SSSR count). The molecule has 1 fully saturated rings. The van der Waals surface area contributed by atoms with Gasteiger partial charge in [0.15, 0.2) is 0 Å². The van der Waals surface area contributed by atoms with Gasteiger partial charge in [-0.2, -0.15) is 0 Å². The fraction of sp³-hybridized carbons (Fsp3) is 0.600. The zero-order chi connectivity index (χ0) is 14.7. The number of hydrogen-bond acceptors (Lipinski definition) is 3. The van der Waals surface area contributed by atoms with Crippen LogP contribution in [0, 0.1) is 22.0 Å². The molecule has 0 aliphatic heterocycles. The van der Waals surface area contributed by atoms with Gasteiger partial charge < -0.3 is 5.32 Å². The molecule has 1 aromatic carbocycles. The van der Waals surface area contributed by atoms with E-state index in [1.165, 1.54) is 12.5 Å². The second-order valence-electron chi connectivity index (χ2n) is 5.88. The predicted molar refractivity (Wildman–Crippen MR) is 80.9 cm³/mol. The summed E-state index contributed by atoms with van der Waals surface area (Å²) in [5.41, 5.74) is 0.799.